The number of aromatic amines is 1. The molecule has 0 bridgehead atoms. The van der Waals surface area contributed by atoms with Gasteiger partial charge in [-0.05, 0) is 43.5 Å². The minimum Gasteiger partial charge on any atom is -0.361 e. The van der Waals surface area contributed by atoms with E-state index in [1.165, 1.54) is 16.8 Å². The van der Waals surface area contributed by atoms with Gasteiger partial charge in [0.15, 0.2) is 0 Å². The summed E-state index contributed by atoms with van der Waals surface area (Å²) in [6, 6.07) is 13.7. The third-order valence-corrected chi connectivity index (χ3v) is 8.64. The average Bonchev–Trinajstić information content (AvgIpc) is 3.73. The van der Waals surface area contributed by atoms with Gasteiger partial charge in [0.2, 0.25) is 29.5 Å². The van der Waals surface area contributed by atoms with E-state index in [1.54, 1.807) is 6.92 Å². The maximum atomic E-state index is 14.0. The van der Waals surface area contributed by atoms with E-state index in [1.807, 2.05) is 60.8 Å². The standard InChI is InChI=1S/C33H41N7O5.ClH/c1-21-30(42)38-27(17-22-9-4-3-5-10-22)31(43)35-15-16-40(33(45)26-13-8-14-34-26)20-29(41)37-28(32(44)39(21)2)18-23-19-36-25-12-7-6-11-24(23)25;/h3-7,9-12,19,21,26-28,34,36H,8,13-18,20H2,1-2H3,(H,35,43)(H,37,41)(H,38,42);1H/t21-,26-,27-,28-;/m0./s1. The van der Waals surface area contributed by atoms with Crippen molar-refractivity contribution >= 4 is 52.8 Å². The number of rotatable bonds is 5. The maximum absolute atomic E-state index is 14.0. The molecule has 5 rings (SSSR count). The Morgan fingerprint density at radius 2 is 1.63 bits per heavy atom. The quantitative estimate of drug-likeness (QED) is 0.276. The smallest absolute Gasteiger partial charge is 0.245 e. The Balaban J connectivity index is 0.00000480. The van der Waals surface area contributed by atoms with Crippen LogP contribution in [0.1, 0.15) is 30.9 Å². The highest BCUT2D eigenvalue weighted by Crippen LogP contribution is 2.20. The molecule has 2 fully saturated rings. The van der Waals surface area contributed by atoms with Gasteiger partial charge in [0.25, 0.3) is 0 Å². The molecule has 1 aromatic heterocycles. The number of aromatic nitrogens is 1. The third kappa shape index (κ3) is 8.24. The molecule has 2 aromatic carbocycles. The van der Waals surface area contributed by atoms with Crippen LogP contribution in [0.2, 0.25) is 0 Å². The number of benzene rings is 2. The summed E-state index contributed by atoms with van der Waals surface area (Å²) in [5.41, 5.74) is 2.58. The number of nitrogens with zero attached hydrogens (tertiary/aromatic N) is 2. The number of likely N-dealkylation sites (N-methyl/N-ethyl adjacent to an activating group) is 1. The molecule has 0 spiro atoms. The predicted octanol–water partition coefficient (Wildman–Crippen LogP) is 0.902. The van der Waals surface area contributed by atoms with Crippen LogP contribution in [0.15, 0.2) is 60.8 Å². The SMILES string of the molecule is C[C@H]1C(=O)N[C@@H](Cc2ccccc2)C(=O)NCCN(C(=O)[C@@H]2CCCN2)CC(=O)N[C@@H](Cc2c[nH]c3ccccc23)C(=O)N1C.Cl. The fraction of sp³-hybridized carbons (Fsp3) is 0.424. The molecule has 2 saturated heterocycles. The first-order chi connectivity index (χ1) is 21.7. The van der Waals surface area contributed by atoms with Gasteiger partial charge in [0.05, 0.1) is 12.6 Å². The predicted molar refractivity (Wildman–Crippen MR) is 176 cm³/mol. The van der Waals surface area contributed by atoms with Crippen molar-refractivity contribution in [2.75, 3.05) is 33.2 Å². The molecule has 4 atom stereocenters. The molecule has 13 heteroatoms. The summed E-state index contributed by atoms with van der Waals surface area (Å²) in [4.78, 5) is 73.7. The van der Waals surface area contributed by atoms with Gasteiger partial charge in [-0.1, -0.05) is 48.5 Å². The van der Waals surface area contributed by atoms with E-state index in [0.29, 0.717) is 13.0 Å². The molecule has 2 aliphatic rings. The Labute approximate surface area is 274 Å². The zero-order valence-corrected chi connectivity index (χ0v) is 26.9. The van der Waals surface area contributed by atoms with Crippen LogP contribution in [0.5, 0.6) is 0 Å². The number of para-hydroxylation sites is 1. The van der Waals surface area contributed by atoms with Gasteiger partial charge in [0, 0.05) is 50.1 Å². The second kappa shape index (κ2) is 15.7. The van der Waals surface area contributed by atoms with Gasteiger partial charge in [-0.2, -0.15) is 0 Å². The van der Waals surface area contributed by atoms with Gasteiger partial charge in [0.1, 0.15) is 18.1 Å². The van der Waals surface area contributed by atoms with Crippen molar-refractivity contribution in [3.05, 3.63) is 71.9 Å². The van der Waals surface area contributed by atoms with E-state index < -0.39 is 47.8 Å². The van der Waals surface area contributed by atoms with Crippen LogP contribution in [0, 0.1) is 0 Å². The molecule has 5 N–H and O–H groups in total. The van der Waals surface area contributed by atoms with Gasteiger partial charge in [-0.25, -0.2) is 0 Å². The van der Waals surface area contributed by atoms with Crippen molar-refractivity contribution in [1.29, 1.82) is 0 Å². The molecule has 2 aliphatic heterocycles. The molecule has 46 heavy (non-hydrogen) atoms. The highest BCUT2D eigenvalue weighted by molar-refractivity contribution is 5.96. The first-order valence-electron chi connectivity index (χ1n) is 15.5. The fourth-order valence-corrected chi connectivity index (χ4v) is 5.92. The van der Waals surface area contributed by atoms with E-state index in [2.05, 4.69) is 26.3 Å². The summed E-state index contributed by atoms with van der Waals surface area (Å²) in [6.07, 6.45) is 3.71. The second-order valence-corrected chi connectivity index (χ2v) is 11.8. The van der Waals surface area contributed by atoms with Gasteiger partial charge in [-0.15, -0.1) is 12.4 Å². The van der Waals surface area contributed by atoms with E-state index in [4.69, 9.17) is 0 Å². The molecule has 5 amide bonds. The number of fused-ring (bicyclic) bond motifs is 1. The fourth-order valence-electron chi connectivity index (χ4n) is 5.92. The lowest BCUT2D eigenvalue weighted by atomic mass is 10.0. The Hall–Kier alpha value is -4.42. The number of hydrogen-bond donors (Lipinski definition) is 5. The van der Waals surface area contributed by atoms with E-state index in [-0.39, 0.29) is 50.8 Å². The maximum Gasteiger partial charge on any atom is 0.245 e. The highest BCUT2D eigenvalue weighted by atomic mass is 35.5. The lowest BCUT2D eigenvalue weighted by molar-refractivity contribution is -0.142. The van der Waals surface area contributed by atoms with Crippen LogP contribution >= 0.6 is 12.4 Å². The molecule has 3 aromatic rings. The zero-order valence-electron chi connectivity index (χ0n) is 26.1. The monoisotopic (exact) mass is 651 g/mol. The lowest BCUT2D eigenvalue weighted by Gasteiger charge is -2.30. The first-order valence-corrected chi connectivity index (χ1v) is 15.5. The van der Waals surface area contributed by atoms with Crippen LogP contribution in [0.25, 0.3) is 10.9 Å². The Morgan fingerprint density at radius 3 is 2.37 bits per heavy atom. The van der Waals surface area contributed by atoms with Crippen LogP contribution in [-0.2, 0) is 36.8 Å². The molecule has 0 radical (unpaired) electrons. The summed E-state index contributed by atoms with van der Waals surface area (Å²) in [6.45, 7) is 2.18. The number of hydrogen-bond acceptors (Lipinski definition) is 6. The number of H-pyrrole nitrogens is 1. The van der Waals surface area contributed by atoms with Crippen LogP contribution in [-0.4, -0.2) is 102 Å². The van der Waals surface area contributed by atoms with Crippen molar-refractivity contribution in [3.63, 3.8) is 0 Å². The van der Waals surface area contributed by atoms with Crippen LogP contribution in [0.3, 0.4) is 0 Å². The van der Waals surface area contributed by atoms with Crippen molar-refractivity contribution in [2.24, 2.45) is 0 Å². The topological polar surface area (TPSA) is 156 Å². The zero-order chi connectivity index (χ0) is 31.9. The molecular formula is C33H42ClN7O5. The van der Waals surface area contributed by atoms with Gasteiger partial charge >= 0.3 is 0 Å². The lowest BCUT2D eigenvalue weighted by Crippen LogP contribution is -2.57. The molecule has 0 saturated carbocycles. The van der Waals surface area contributed by atoms with Crippen molar-refractivity contribution in [1.82, 2.24) is 36.1 Å². The summed E-state index contributed by atoms with van der Waals surface area (Å²) in [5.74, 6) is -2.13. The largest absolute Gasteiger partial charge is 0.361 e. The molecule has 0 aliphatic carbocycles. The summed E-state index contributed by atoms with van der Waals surface area (Å²) in [5, 5.41) is 12.6. The van der Waals surface area contributed by atoms with Crippen LogP contribution in [0.4, 0.5) is 0 Å². The number of amides is 5. The molecule has 3 heterocycles. The number of halogens is 1. The Morgan fingerprint density at radius 1 is 0.891 bits per heavy atom. The highest BCUT2D eigenvalue weighted by Gasteiger charge is 2.34. The van der Waals surface area contributed by atoms with Crippen LogP contribution < -0.4 is 21.3 Å². The van der Waals surface area contributed by atoms with Crippen molar-refractivity contribution in [2.45, 2.75) is 56.8 Å². The summed E-state index contributed by atoms with van der Waals surface area (Å²) < 4.78 is 0. The van der Waals surface area contributed by atoms with Gasteiger partial charge in [-0.3, -0.25) is 24.0 Å². The number of nitrogens with one attached hydrogen (secondary N) is 5. The number of carbonyl (C=O) groups excluding carboxylic acids is 5. The first kappa shape index (κ1) is 34.5. The molecule has 0 unspecified atom stereocenters. The van der Waals surface area contributed by atoms with E-state index >= 15 is 0 Å². The minimum atomic E-state index is -1.01. The molecular weight excluding hydrogens is 610 g/mol. The van der Waals surface area contributed by atoms with Crippen molar-refractivity contribution in [3.8, 4) is 0 Å². The normalized spacial score (nSPS) is 23.5. The van der Waals surface area contributed by atoms with E-state index in [9.17, 15) is 24.0 Å². The summed E-state index contributed by atoms with van der Waals surface area (Å²) >= 11 is 0. The minimum absolute atomic E-state index is 0. The second-order valence-electron chi connectivity index (χ2n) is 11.8. The van der Waals surface area contributed by atoms with E-state index in [0.717, 1.165) is 28.5 Å². The van der Waals surface area contributed by atoms with Gasteiger partial charge < -0.3 is 36.1 Å². The third-order valence-electron chi connectivity index (χ3n) is 8.64. The molecule has 12 nitrogen and oxygen atoms in total. The number of carbonyl (C=O) groups is 5. The average molecular weight is 652 g/mol. The Kier molecular flexibility index (Phi) is 11.8. The summed E-state index contributed by atoms with van der Waals surface area (Å²) in [7, 11) is 1.51. The van der Waals surface area contributed by atoms with Crippen molar-refractivity contribution < 1.29 is 24.0 Å². The molecule has 246 valence electrons. The Bertz CT molecular complexity index is 1540.